The maximum atomic E-state index is 9.51. The van der Waals surface area contributed by atoms with Gasteiger partial charge in [-0.15, -0.1) is 0 Å². The van der Waals surface area contributed by atoms with Crippen molar-refractivity contribution in [2.75, 3.05) is 11.5 Å². The third-order valence-corrected chi connectivity index (χ3v) is 2.85. The van der Waals surface area contributed by atoms with Gasteiger partial charge in [-0.1, -0.05) is 0 Å². The molecule has 3 aromatic rings. The first kappa shape index (κ1) is 12.0. The van der Waals surface area contributed by atoms with E-state index in [1.807, 2.05) is 0 Å². The van der Waals surface area contributed by atoms with Crippen LogP contribution in [0.25, 0.3) is 22.3 Å². The van der Waals surface area contributed by atoms with Crippen LogP contribution in [0.2, 0.25) is 0 Å². The topological polar surface area (TPSA) is 131 Å². The van der Waals surface area contributed by atoms with Crippen LogP contribution in [0.3, 0.4) is 0 Å². The summed E-state index contributed by atoms with van der Waals surface area (Å²) >= 11 is 0. The van der Waals surface area contributed by atoms with E-state index in [2.05, 4.69) is 15.0 Å². The van der Waals surface area contributed by atoms with Crippen LogP contribution in [0, 0.1) is 0 Å². The van der Waals surface area contributed by atoms with Crippen LogP contribution in [0.5, 0.6) is 11.5 Å². The number of aromatic nitrogens is 3. The number of benzene rings is 1. The molecule has 0 aliphatic carbocycles. The summed E-state index contributed by atoms with van der Waals surface area (Å²) in [5.41, 5.74) is 13.5. The predicted octanol–water partition coefficient (Wildman–Crippen LogP) is 1.27. The average Bonchev–Trinajstić information content (AvgIpc) is 2.41. The molecule has 0 radical (unpaired) electrons. The molecular weight excluding hydrogens is 258 g/mol. The quantitative estimate of drug-likeness (QED) is 0.489. The van der Waals surface area contributed by atoms with Crippen LogP contribution in [-0.2, 0) is 0 Å². The third kappa shape index (κ3) is 1.91. The number of nitrogen functional groups attached to an aromatic ring is 2. The van der Waals surface area contributed by atoms with Gasteiger partial charge in [0.05, 0.1) is 17.4 Å². The van der Waals surface area contributed by atoms with Gasteiger partial charge >= 0.3 is 0 Å². The highest BCUT2D eigenvalue weighted by molar-refractivity contribution is 5.87. The maximum Gasteiger partial charge on any atom is 0.158 e. The zero-order valence-electron chi connectivity index (χ0n) is 10.3. The Balaban J connectivity index is 2.20. The van der Waals surface area contributed by atoms with E-state index in [4.69, 9.17) is 11.5 Å². The van der Waals surface area contributed by atoms with Crippen molar-refractivity contribution in [2.45, 2.75) is 0 Å². The van der Waals surface area contributed by atoms with Gasteiger partial charge in [-0.25, -0.2) is 9.97 Å². The van der Waals surface area contributed by atoms with Crippen molar-refractivity contribution in [1.29, 1.82) is 0 Å². The second kappa shape index (κ2) is 4.23. The van der Waals surface area contributed by atoms with Crippen LogP contribution in [0.4, 0.5) is 11.6 Å². The van der Waals surface area contributed by atoms with Gasteiger partial charge < -0.3 is 21.7 Å². The molecular formula is C13H11N5O2. The Kier molecular flexibility index (Phi) is 2.53. The number of fused-ring (bicyclic) bond motifs is 1. The van der Waals surface area contributed by atoms with E-state index < -0.39 is 0 Å². The number of hydrogen-bond donors (Lipinski definition) is 4. The summed E-state index contributed by atoms with van der Waals surface area (Å²) in [5.74, 6) is 0.0425. The molecule has 0 aliphatic rings. The second-order valence-corrected chi connectivity index (χ2v) is 4.26. The van der Waals surface area contributed by atoms with E-state index in [1.54, 1.807) is 12.1 Å². The molecule has 0 bridgehead atoms. The fourth-order valence-corrected chi connectivity index (χ4v) is 1.88. The van der Waals surface area contributed by atoms with Crippen LogP contribution in [0.1, 0.15) is 0 Å². The summed E-state index contributed by atoms with van der Waals surface area (Å²) in [5, 5.41) is 18.8. The van der Waals surface area contributed by atoms with Crippen LogP contribution in [-0.4, -0.2) is 25.2 Å². The van der Waals surface area contributed by atoms with Gasteiger partial charge in [0.25, 0.3) is 0 Å². The fourth-order valence-electron chi connectivity index (χ4n) is 1.88. The van der Waals surface area contributed by atoms with Crippen LogP contribution in [0.15, 0.2) is 30.5 Å². The SMILES string of the molecule is Nc1cc2ncc(-c3ccc(O)c(O)c3)nc2c(N)n1. The Labute approximate surface area is 113 Å². The lowest BCUT2D eigenvalue weighted by molar-refractivity contribution is 0.404. The lowest BCUT2D eigenvalue weighted by Gasteiger charge is -2.06. The van der Waals surface area contributed by atoms with Gasteiger partial charge in [0.2, 0.25) is 0 Å². The second-order valence-electron chi connectivity index (χ2n) is 4.26. The summed E-state index contributed by atoms with van der Waals surface area (Å²) in [6.07, 6.45) is 1.53. The third-order valence-electron chi connectivity index (χ3n) is 2.85. The van der Waals surface area contributed by atoms with Gasteiger partial charge in [-0.3, -0.25) is 4.98 Å². The van der Waals surface area contributed by atoms with Crippen molar-refractivity contribution in [3.63, 3.8) is 0 Å². The van der Waals surface area contributed by atoms with Crippen molar-refractivity contribution in [1.82, 2.24) is 15.0 Å². The molecule has 100 valence electrons. The molecule has 0 spiro atoms. The molecule has 3 rings (SSSR count). The zero-order chi connectivity index (χ0) is 14.3. The van der Waals surface area contributed by atoms with Crippen molar-refractivity contribution >= 4 is 22.7 Å². The molecule has 0 aliphatic heterocycles. The Bertz CT molecular complexity index is 819. The number of pyridine rings is 1. The standard InChI is InChI=1S/C13H11N5O2/c14-11-4-7-12(13(15)18-11)17-8(5-16-7)6-1-2-9(19)10(20)3-6/h1-5,19-20H,(H4,14,15,18). The first-order valence-electron chi connectivity index (χ1n) is 5.75. The van der Waals surface area contributed by atoms with Gasteiger partial charge in [0.1, 0.15) is 11.3 Å². The molecule has 0 saturated heterocycles. The van der Waals surface area contributed by atoms with E-state index in [9.17, 15) is 10.2 Å². The Morgan fingerprint density at radius 3 is 2.50 bits per heavy atom. The number of anilines is 2. The number of phenolic OH excluding ortho intramolecular Hbond substituents is 2. The minimum Gasteiger partial charge on any atom is -0.504 e. The molecule has 7 heteroatoms. The molecule has 0 saturated carbocycles. The van der Waals surface area contributed by atoms with E-state index >= 15 is 0 Å². The molecule has 0 unspecified atom stereocenters. The molecule has 6 N–H and O–H groups in total. The van der Waals surface area contributed by atoms with Crippen molar-refractivity contribution < 1.29 is 10.2 Å². The van der Waals surface area contributed by atoms with Gasteiger partial charge in [-0.2, -0.15) is 0 Å². The van der Waals surface area contributed by atoms with Gasteiger partial charge in [0, 0.05) is 11.6 Å². The monoisotopic (exact) mass is 269 g/mol. The van der Waals surface area contributed by atoms with E-state index in [-0.39, 0.29) is 23.1 Å². The largest absolute Gasteiger partial charge is 0.504 e. The maximum absolute atomic E-state index is 9.51. The summed E-state index contributed by atoms with van der Waals surface area (Å²) in [6, 6.07) is 5.97. The van der Waals surface area contributed by atoms with Gasteiger partial charge in [0.15, 0.2) is 17.3 Å². The Morgan fingerprint density at radius 1 is 0.950 bits per heavy atom. The lowest BCUT2D eigenvalue weighted by atomic mass is 10.1. The van der Waals surface area contributed by atoms with Gasteiger partial charge in [-0.05, 0) is 18.2 Å². The highest BCUT2D eigenvalue weighted by Crippen LogP contribution is 2.30. The average molecular weight is 269 g/mol. The number of aromatic hydroxyl groups is 2. The molecule has 0 atom stereocenters. The zero-order valence-corrected chi connectivity index (χ0v) is 10.3. The molecule has 0 fully saturated rings. The number of phenols is 2. The number of hydrogen-bond acceptors (Lipinski definition) is 7. The van der Waals surface area contributed by atoms with E-state index in [1.165, 1.54) is 18.3 Å². The minimum absolute atomic E-state index is 0.192. The molecule has 7 nitrogen and oxygen atoms in total. The summed E-state index contributed by atoms with van der Waals surface area (Å²) in [6.45, 7) is 0. The fraction of sp³-hybridized carbons (Fsp3) is 0. The Morgan fingerprint density at radius 2 is 1.75 bits per heavy atom. The van der Waals surface area contributed by atoms with E-state index in [0.29, 0.717) is 22.3 Å². The molecule has 2 heterocycles. The van der Waals surface area contributed by atoms with Crippen LogP contribution >= 0.6 is 0 Å². The number of nitrogens with zero attached hydrogens (tertiary/aromatic N) is 3. The first-order chi connectivity index (χ1) is 9.54. The normalized spacial score (nSPS) is 10.8. The predicted molar refractivity (Wildman–Crippen MR) is 74.9 cm³/mol. The highest BCUT2D eigenvalue weighted by atomic mass is 16.3. The number of nitrogens with two attached hydrogens (primary N) is 2. The Hall–Kier alpha value is -3.09. The van der Waals surface area contributed by atoms with Crippen LogP contribution < -0.4 is 11.5 Å². The summed E-state index contributed by atoms with van der Waals surface area (Å²) in [4.78, 5) is 12.5. The van der Waals surface area contributed by atoms with Crippen molar-refractivity contribution in [3.05, 3.63) is 30.5 Å². The summed E-state index contributed by atoms with van der Waals surface area (Å²) < 4.78 is 0. The van der Waals surface area contributed by atoms with Crippen molar-refractivity contribution in [2.24, 2.45) is 0 Å². The minimum atomic E-state index is -0.229. The smallest absolute Gasteiger partial charge is 0.158 e. The first-order valence-corrected chi connectivity index (χ1v) is 5.75. The lowest BCUT2D eigenvalue weighted by Crippen LogP contribution is -2.00. The number of rotatable bonds is 1. The van der Waals surface area contributed by atoms with Crippen molar-refractivity contribution in [3.8, 4) is 22.8 Å². The molecule has 0 amide bonds. The van der Waals surface area contributed by atoms with E-state index in [0.717, 1.165) is 0 Å². The molecule has 20 heavy (non-hydrogen) atoms. The molecule has 2 aromatic heterocycles. The molecule has 1 aromatic carbocycles. The highest BCUT2D eigenvalue weighted by Gasteiger charge is 2.09. The summed E-state index contributed by atoms with van der Waals surface area (Å²) in [7, 11) is 0.